The fourth-order valence-electron chi connectivity index (χ4n) is 1.58. The van der Waals surface area contributed by atoms with Gasteiger partial charge in [-0.15, -0.1) is 0 Å². The zero-order valence-corrected chi connectivity index (χ0v) is 11.5. The largest absolute Gasteiger partial charge is 0.478 e. The van der Waals surface area contributed by atoms with Crippen LogP contribution in [0.5, 0.6) is 0 Å². The molecule has 0 spiro atoms. The Morgan fingerprint density at radius 3 is 1.78 bits per heavy atom. The van der Waals surface area contributed by atoms with Gasteiger partial charge in [0.25, 0.3) is 5.69 Å². The van der Waals surface area contributed by atoms with E-state index in [4.69, 9.17) is 15.4 Å². The molecule has 23 heavy (non-hydrogen) atoms. The fraction of sp³-hybridized carbons (Fsp3) is 0. The van der Waals surface area contributed by atoms with Crippen LogP contribution in [-0.2, 0) is 0 Å². The van der Waals surface area contributed by atoms with Crippen molar-refractivity contribution in [3.8, 4) is 0 Å². The highest BCUT2D eigenvalue weighted by molar-refractivity contribution is 5.94. The predicted octanol–water partition coefficient (Wildman–Crippen LogP) is 2.48. The van der Waals surface area contributed by atoms with Gasteiger partial charge in [0, 0.05) is 6.07 Å². The van der Waals surface area contributed by atoms with Gasteiger partial charge in [0.05, 0.1) is 16.2 Å². The summed E-state index contributed by atoms with van der Waals surface area (Å²) in [5.74, 6) is -2.36. The Hall–Kier alpha value is -3.46. The summed E-state index contributed by atoms with van der Waals surface area (Å²) in [4.78, 5) is 30.4. The van der Waals surface area contributed by atoms with Gasteiger partial charge in [0.1, 0.15) is 5.56 Å². The molecule has 2 aromatic carbocycles. The van der Waals surface area contributed by atoms with Crippen molar-refractivity contribution in [1.82, 2.24) is 0 Å². The van der Waals surface area contributed by atoms with Crippen LogP contribution in [0, 0.1) is 10.1 Å². The normalized spacial score (nSPS) is 9.26. The molecule has 0 aliphatic rings. The fourth-order valence-corrected chi connectivity index (χ4v) is 1.58. The number of nitrogens with one attached hydrogen (secondary N) is 1. The van der Waals surface area contributed by atoms with Gasteiger partial charge in [-0.2, -0.15) is 0 Å². The lowest BCUT2D eigenvalue weighted by Crippen LogP contribution is -2.01. The van der Waals surface area contributed by atoms with Crippen LogP contribution in [0.25, 0.3) is 0 Å². The number of carbonyl (C=O) groups is 2. The Morgan fingerprint density at radius 2 is 1.39 bits per heavy atom. The second kappa shape index (κ2) is 8.10. The average Bonchev–Trinajstić information content (AvgIpc) is 2.55. The first kappa shape index (κ1) is 17.6. The lowest BCUT2D eigenvalue weighted by molar-refractivity contribution is -0.385. The summed E-state index contributed by atoms with van der Waals surface area (Å²) in [7, 11) is 0. The third-order valence-corrected chi connectivity index (χ3v) is 2.61. The van der Waals surface area contributed by atoms with Gasteiger partial charge in [-0.25, -0.2) is 9.59 Å². The molecule has 2 rings (SSSR count). The quantitative estimate of drug-likeness (QED) is 0.495. The van der Waals surface area contributed by atoms with E-state index in [0.29, 0.717) is 0 Å². The van der Waals surface area contributed by atoms with Gasteiger partial charge in [0.2, 0.25) is 0 Å². The Morgan fingerprint density at radius 1 is 0.913 bits per heavy atom. The summed E-state index contributed by atoms with van der Waals surface area (Å²) in [6, 6.07) is 11.3. The number of nitro benzene ring substituents is 1. The summed E-state index contributed by atoms with van der Waals surface area (Å²) in [5.41, 5.74) is 1.37. The van der Waals surface area contributed by atoms with Crippen LogP contribution in [0.3, 0.4) is 0 Å². The van der Waals surface area contributed by atoms with E-state index in [2.05, 4.69) is 0 Å². The number of hydrogen-bond donors (Lipinski definition) is 4. The maximum absolute atomic E-state index is 10.4. The zero-order valence-electron chi connectivity index (χ0n) is 11.5. The number of carboxylic acids is 2. The summed E-state index contributed by atoms with van der Waals surface area (Å²) < 4.78 is 0. The van der Waals surface area contributed by atoms with E-state index in [9.17, 15) is 19.7 Å². The second-order valence-electron chi connectivity index (χ2n) is 4.04. The molecular formula is C14H12N2O7. The molecule has 120 valence electrons. The number of nitro groups is 1. The summed E-state index contributed by atoms with van der Waals surface area (Å²) >= 11 is 0. The molecule has 2 aromatic rings. The van der Waals surface area contributed by atoms with E-state index in [1.54, 1.807) is 17.6 Å². The standard InChI is InChI=1S/C7H5NO4.C7H7NO3/c9-7(10)5-3-1-2-4-6(5)8(11)12;9-7(10)5-3-1-2-4-6(5)8-11/h1-4H,(H,9,10);1-4,8,11H,(H,9,10). The third kappa shape index (κ3) is 4.79. The lowest BCUT2D eigenvalue weighted by Gasteiger charge is -2.01. The van der Waals surface area contributed by atoms with E-state index < -0.39 is 16.9 Å². The number of aromatic carboxylic acids is 2. The third-order valence-electron chi connectivity index (χ3n) is 2.61. The maximum Gasteiger partial charge on any atom is 0.342 e. The first-order chi connectivity index (χ1) is 10.9. The van der Waals surface area contributed by atoms with Crippen LogP contribution in [0.1, 0.15) is 20.7 Å². The van der Waals surface area contributed by atoms with E-state index >= 15 is 0 Å². The maximum atomic E-state index is 10.4. The predicted molar refractivity (Wildman–Crippen MR) is 78.9 cm³/mol. The molecule has 0 aliphatic heterocycles. The van der Waals surface area contributed by atoms with E-state index in [-0.39, 0.29) is 22.5 Å². The highest BCUT2D eigenvalue weighted by Crippen LogP contribution is 2.16. The molecule has 0 amide bonds. The van der Waals surface area contributed by atoms with Crippen LogP contribution in [0.4, 0.5) is 11.4 Å². The SMILES string of the molecule is O=C(O)c1ccccc1NO.O=C(O)c1ccccc1[N+](=O)[O-]. The molecular weight excluding hydrogens is 308 g/mol. The number of anilines is 1. The molecule has 0 radical (unpaired) electrons. The van der Waals surface area contributed by atoms with Gasteiger partial charge < -0.3 is 10.2 Å². The molecule has 0 saturated heterocycles. The minimum absolute atomic E-state index is 0.0509. The Labute approximate surface area is 129 Å². The molecule has 4 N–H and O–H groups in total. The van der Waals surface area contributed by atoms with Crippen LogP contribution >= 0.6 is 0 Å². The first-order valence-corrected chi connectivity index (χ1v) is 6.07. The molecule has 0 heterocycles. The number of nitrogens with zero attached hydrogens (tertiary/aromatic N) is 1. The molecule has 0 saturated carbocycles. The Balaban J connectivity index is 0.000000231. The van der Waals surface area contributed by atoms with Crippen molar-refractivity contribution in [3.05, 3.63) is 69.8 Å². The minimum Gasteiger partial charge on any atom is -0.478 e. The van der Waals surface area contributed by atoms with Crippen molar-refractivity contribution in [2.45, 2.75) is 0 Å². The molecule has 9 nitrogen and oxygen atoms in total. The number of benzene rings is 2. The topological polar surface area (TPSA) is 150 Å². The van der Waals surface area contributed by atoms with E-state index in [0.717, 1.165) is 6.07 Å². The van der Waals surface area contributed by atoms with E-state index in [1.807, 2.05) is 0 Å². The Kier molecular flexibility index (Phi) is 6.19. The van der Waals surface area contributed by atoms with Gasteiger partial charge >= 0.3 is 11.9 Å². The highest BCUT2D eigenvalue weighted by atomic mass is 16.6. The van der Waals surface area contributed by atoms with Crippen LogP contribution in [0.2, 0.25) is 0 Å². The molecule has 0 bridgehead atoms. The van der Waals surface area contributed by atoms with Gasteiger partial charge in [-0.05, 0) is 18.2 Å². The molecule has 9 heteroatoms. The summed E-state index contributed by atoms with van der Waals surface area (Å²) in [5, 5.41) is 35.8. The van der Waals surface area contributed by atoms with Crippen molar-refractivity contribution in [2.24, 2.45) is 0 Å². The second-order valence-corrected chi connectivity index (χ2v) is 4.04. The molecule has 0 fully saturated rings. The van der Waals surface area contributed by atoms with Gasteiger partial charge in [-0.1, -0.05) is 24.3 Å². The summed E-state index contributed by atoms with van der Waals surface area (Å²) in [6.07, 6.45) is 0. The minimum atomic E-state index is -1.29. The summed E-state index contributed by atoms with van der Waals surface area (Å²) in [6.45, 7) is 0. The van der Waals surface area contributed by atoms with Crippen molar-refractivity contribution in [2.75, 3.05) is 5.48 Å². The zero-order chi connectivity index (χ0) is 17.4. The number of para-hydroxylation sites is 2. The lowest BCUT2D eigenvalue weighted by atomic mass is 10.2. The number of hydrogen-bond acceptors (Lipinski definition) is 6. The highest BCUT2D eigenvalue weighted by Gasteiger charge is 2.17. The average molecular weight is 320 g/mol. The van der Waals surface area contributed by atoms with Crippen molar-refractivity contribution in [3.63, 3.8) is 0 Å². The first-order valence-electron chi connectivity index (χ1n) is 6.07. The van der Waals surface area contributed by atoms with Crippen molar-refractivity contribution >= 4 is 23.3 Å². The smallest absolute Gasteiger partial charge is 0.342 e. The van der Waals surface area contributed by atoms with E-state index in [1.165, 1.54) is 30.3 Å². The van der Waals surface area contributed by atoms with Crippen molar-refractivity contribution in [1.29, 1.82) is 0 Å². The van der Waals surface area contributed by atoms with Crippen LogP contribution < -0.4 is 5.48 Å². The molecule has 0 aromatic heterocycles. The van der Waals surface area contributed by atoms with Crippen LogP contribution in [0.15, 0.2) is 48.5 Å². The molecule has 0 unspecified atom stereocenters. The number of carboxylic acid groups (broad SMARTS) is 2. The Bertz CT molecular complexity index is 698. The molecule has 0 atom stereocenters. The van der Waals surface area contributed by atoms with Gasteiger partial charge in [0.15, 0.2) is 0 Å². The van der Waals surface area contributed by atoms with Crippen molar-refractivity contribution < 1.29 is 29.9 Å². The van der Waals surface area contributed by atoms with Crippen LogP contribution in [-0.4, -0.2) is 32.3 Å². The number of rotatable bonds is 4. The van der Waals surface area contributed by atoms with Gasteiger partial charge in [-0.3, -0.25) is 20.8 Å². The molecule has 0 aliphatic carbocycles. The monoisotopic (exact) mass is 320 g/mol.